The molecule has 1 aromatic carbocycles. The van der Waals surface area contributed by atoms with Crippen molar-refractivity contribution in [2.75, 3.05) is 5.32 Å². The summed E-state index contributed by atoms with van der Waals surface area (Å²) in [6.45, 7) is 8.05. The van der Waals surface area contributed by atoms with Crippen molar-refractivity contribution in [1.29, 1.82) is 0 Å². The summed E-state index contributed by atoms with van der Waals surface area (Å²) in [4.78, 5) is 11.9. The molecule has 1 heterocycles. The van der Waals surface area contributed by atoms with Crippen LogP contribution >= 0.6 is 11.6 Å². The molecular formula is C16H21BClNO3. The van der Waals surface area contributed by atoms with Crippen LogP contribution in [0.2, 0.25) is 5.02 Å². The third-order valence-electron chi connectivity index (χ3n) is 4.72. The van der Waals surface area contributed by atoms with Gasteiger partial charge >= 0.3 is 7.12 Å². The first-order valence-corrected chi connectivity index (χ1v) is 8.03. The maximum atomic E-state index is 11.9. The summed E-state index contributed by atoms with van der Waals surface area (Å²) in [6, 6.07) is 5.48. The van der Waals surface area contributed by atoms with Crippen LogP contribution in [0.5, 0.6) is 0 Å². The van der Waals surface area contributed by atoms with Crippen molar-refractivity contribution < 1.29 is 14.1 Å². The lowest BCUT2D eigenvalue weighted by Gasteiger charge is -2.32. The molecule has 1 N–H and O–H groups in total. The normalized spacial score (nSPS) is 22.7. The summed E-state index contributed by atoms with van der Waals surface area (Å²) in [5.41, 5.74) is 0.684. The van der Waals surface area contributed by atoms with Gasteiger partial charge in [-0.3, -0.25) is 4.79 Å². The lowest BCUT2D eigenvalue weighted by molar-refractivity contribution is -0.117. The Morgan fingerprint density at radius 3 is 2.36 bits per heavy atom. The lowest BCUT2D eigenvalue weighted by Crippen LogP contribution is -2.41. The van der Waals surface area contributed by atoms with Gasteiger partial charge in [0.1, 0.15) is 0 Å². The average molecular weight is 322 g/mol. The molecule has 118 valence electrons. The highest BCUT2D eigenvalue weighted by atomic mass is 35.5. The monoisotopic (exact) mass is 321 g/mol. The van der Waals surface area contributed by atoms with Crippen molar-refractivity contribution >= 4 is 35.8 Å². The molecule has 0 bridgehead atoms. The number of hydrogen-bond donors (Lipinski definition) is 1. The first kappa shape index (κ1) is 15.8. The van der Waals surface area contributed by atoms with Crippen LogP contribution in [0.3, 0.4) is 0 Å². The van der Waals surface area contributed by atoms with Crippen LogP contribution in [0.15, 0.2) is 18.2 Å². The Bertz CT molecular complexity index is 597. The minimum absolute atomic E-state index is 0.0352. The lowest BCUT2D eigenvalue weighted by atomic mass is 9.79. The van der Waals surface area contributed by atoms with E-state index in [1.54, 1.807) is 6.07 Å². The Morgan fingerprint density at radius 1 is 1.23 bits per heavy atom. The highest BCUT2D eigenvalue weighted by Crippen LogP contribution is 2.37. The Balaban J connectivity index is 1.82. The van der Waals surface area contributed by atoms with Crippen LogP contribution in [0.4, 0.5) is 5.69 Å². The molecule has 0 aromatic heterocycles. The quantitative estimate of drug-likeness (QED) is 0.871. The van der Waals surface area contributed by atoms with Crippen LogP contribution in [0.1, 0.15) is 40.5 Å². The van der Waals surface area contributed by atoms with Gasteiger partial charge in [-0.2, -0.15) is 0 Å². The molecule has 0 atom stereocenters. The molecule has 22 heavy (non-hydrogen) atoms. The van der Waals surface area contributed by atoms with Crippen LogP contribution in [-0.2, 0) is 14.1 Å². The number of amides is 1. The van der Waals surface area contributed by atoms with Gasteiger partial charge in [0.15, 0.2) is 0 Å². The fourth-order valence-corrected chi connectivity index (χ4v) is 2.51. The summed E-state index contributed by atoms with van der Waals surface area (Å²) in [7, 11) is -0.459. The molecule has 1 aliphatic carbocycles. The topological polar surface area (TPSA) is 47.6 Å². The number of halogens is 1. The molecule has 1 saturated heterocycles. The number of nitrogens with one attached hydrogen (secondary N) is 1. The predicted molar refractivity (Wildman–Crippen MR) is 88.5 cm³/mol. The average Bonchev–Trinajstić information content (AvgIpc) is 3.21. The van der Waals surface area contributed by atoms with Gasteiger partial charge in [0, 0.05) is 5.92 Å². The number of rotatable bonds is 3. The molecular weight excluding hydrogens is 300 g/mol. The van der Waals surface area contributed by atoms with Crippen LogP contribution < -0.4 is 10.8 Å². The number of carbonyl (C=O) groups is 1. The van der Waals surface area contributed by atoms with E-state index < -0.39 is 18.3 Å². The smallest absolute Gasteiger partial charge is 0.399 e. The third-order valence-corrected chi connectivity index (χ3v) is 5.05. The molecule has 2 fully saturated rings. The van der Waals surface area contributed by atoms with E-state index in [9.17, 15) is 4.79 Å². The zero-order valence-electron chi connectivity index (χ0n) is 13.4. The molecule has 6 heteroatoms. The van der Waals surface area contributed by atoms with Crippen LogP contribution in [0.25, 0.3) is 0 Å². The Kier molecular flexibility index (Phi) is 3.79. The third kappa shape index (κ3) is 2.90. The van der Waals surface area contributed by atoms with Crippen molar-refractivity contribution in [2.45, 2.75) is 51.7 Å². The predicted octanol–water partition coefficient (Wildman–Crippen LogP) is 2.99. The molecule has 3 rings (SSSR count). The summed E-state index contributed by atoms with van der Waals surface area (Å²) in [5.74, 6) is 0.171. The molecule has 1 amide bonds. The van der Waals surface area contributed by atoms with Gasteiger partial charge in [0.05, 0.1) is 21.9 Å². The second kappa shape index (κ2) is 5.26. The van der Waals surface area contributed by atoms with E-state index in [4.69, 9.17) is 20.9 Å². The fourth-order valence-electron chi connectivity index (χ4n) is 2.34. The fraction of sp³-hybridized carbons (Fsp3) is 0.562. The van der Waals surface area contributed by atoms with Crippen molar-refractivity contribution in [3.05, 3.63) is 23.2 Å². The second-order valence-corrected chi connectivity index (χ2v) is 7.50. The Labute approximate surface area is 136 Å². The summed E-state index contributed by atoms with van der Waals surface area (Å²) in [6.07, 6.45) is 1.92. The summed E-state index contributed by atoms with van der Waals surface area (Å²) < 4.78 is 12.1. The van der Waals surface area contributed by atoms with Crippen molar-refractivity contribution in [1.82, 2.24) is 0 Å². The van der Waals surface area contributed by atoms with E-state index in [-0.39, 0.29) is 11.8 Å². The van der Waals surface area contributed by atoms with E-state index in [0.29, 0.717) is 10.7 Å². The van der Waals surface area contributed by atoms with E-state index in [1.807, 2.05) is 39.8 Å². The zero-order valence-corrected chi connectivity index (χ0v) is 14.2. The minimum Gasteiger partial charge on any atom is -0.399 e. The molecule has 1 aliphatic heterocycles. The van der Waals surface area contributed by atoms with Gasteiger partial charge in [-0.1, -0.05) is 17.7 Å². The number of hydrogen-bond acceptors (Lipinski definition) is 3. The second-order valence-electron chi connectivity index (χ2n) is 7.09. The molecule has 1 aromatic rings. The van der Waals surface area contributed by atoms with E-state index in [1.165, 1.54) is 0 Å². The SMILES string of the molecule is CC1(C)OB(c2ccc(Cl)c(NC(=O)C3CC3)c2)OC1(C)C. The molecule has 0 spiro atoms. The largest absolute Gasteiger partial charge is 0.494 e. The first-order valence-electron chi connectivity index (χ1n) is 7.65. The summed E-state index contributed by atoms with van der Waals surface area (Å²) >= 11 is 6.19. The molecule has 1 saturated carbocycles. The van der Waals surface area contributed by atoms with Gasteiger partial charge < -0.3 is 14.6 Å². The number of carbonyl (C=O) groups excluding carboxylic acids is 1. The van der Waals surface area contributed by atoms with Gasteiger partial charge in [0.2, 0.25) is 5.91 Å². The Hall–Kier alpha value is -1.04. The zero-order chi connectivity index (χ0) is 16.1. The van der Waals surface area contributed by atoms with E-state index in [0.717, 1.165) is 18.3 Å². The number of anilines is 1. The van der Waals surface area contributed by atoms with Gasteiger partial charge in [0.25, 0.3) is 0 Å². The Morgan fingerprint density at radius 2 is 1.82 bits per heavy atom. The maximum Gasteiger partial charge on any atom is 0.494 e. The van der Waals surface area contributed by atoms with Crippen molar-refractivity contribution in [2.24, 2.45) is 5.92 Å². The minimum atomic E-state index is -0.459. The van der Waals surface area contributed by atoms with Crippen molar-refractivity contribution in [3.63, 3.8) is 0 Å². The molecule has 0 unspecified atom stereocenters. The first-order chi connectivity index (χ1) is 10.2. The van der Waals surface area contributed by atoms with Gasteiger partial charge in [-0.25, -0.2) is 0 Å². The summed E-state index contributed by atoms with van der Waals surface area (Å²) in [5, 5.41) is 3.42. The van der Waals surface area contributed by atoms with Crippen LogP contribution in [0, 0.1) is 5.92 Å². The molecule has 2 aliphatic rings. The molecule has 0 radical (unpaired) electrons. The standard InChI is InChI=1S/C16H21BClNO3/c1-15(2)16(3,4)22-17(21-15)11-7-8-12(18)13(9-11)19-14(20)10-5-6-10/h7-10H,5-6H2,1-4H3,(H,19,20). The highest BCUT2D eigenvalue weighted by Gasteiger charge is 2.51. The van der Waals surface area contributed by atoms with Crippen LogP contribution in [-0.4, -0.2) is 24.2 Å². The highest BCUT2D eigenvalue weighted by molar-refractivity contribution is 6.62. The number of benzene rings is 1. The van der Waals surface area contributed by atoms with Gasteiger partial charge in [-0.15, -0.1) is 0 Å². The maximum absolute atomic E-state index is 11.9. The van der Waals surface area contributed by atoms with E-state index in [2.05, 4.69) is 5.32 Å². The van der Waals surface area contributed by atoms with Crippen molar-refractivity contribution in [3.8, 4) is 0 Å². The van der Waals surface area contributed by atoms with E-state index >= 15 is 0 Å². The molecule has 4 nitrogen and oxygen atoms in total. The van der Waals surface area contributed by atoms with Gasteiger partial charge in [-0.05, 0) is 58.1 Å².